The third-order valence-corrected chi connectivity index (χ3v) is 2.53. The van der Waals surface area contributed by atoms with Crippen molar-refractivity contribution in [2.45, 2.75) is 13.8 Å². The first-order chi connectivity index (χ1) is 9.95. The normalized spacial score (nSPS) is 10.7. The van der Waals surface area contributed by atoms with E-state index in [0.29, 0.717) is 18.2 Å². The van der Waals surface area contributed by atoms with E-state index in [1.807, 2.05) is 13.8 Å². The molecular weight excluding hydrogens is 278 g/mol. The number of benzene rings is 1. The fraction of sp³-hybridized carbons (Fsp3) is 0.267. The molecule has 0 aliphatic rings. The Bertz CT molecular complexity index is 633. The zero-order valence-electron chi connectivity index (χ0n) is 11.8. The number of ether oxygens (including phenoxy) is 2. The molecule has 112 valence electrons. The van der Waals surface area contributed by atoms with Crippen LogP contribution < -0.4 is 15.2 Å². The summed E-state index contributed by atoms with van der Waals surface area (Å²) in [5, 5.41) is 0. The Kier molecular flexibility index (Phi) is 4.57. The predicted octanol–water partition coefficient (Wildman–Crippen LogP) is 3.77. The minimum absolute atomic E-state index is 0.119. The minimum atomic E-state index is -0.807. The molecule has 0 unspecified atom stereocenters. The smallest absolute Gasteiger partial charge is 0.240 e. The molecule has 21 heavy (non-hydrogen) atoms. The zero-order valence-corrected chi connectivity index (χ0v) is 11.8. The van der Waals surface area contributed by atoms with Crippen LogP contribution in [0.3, 0.4) is 0 Å². The first-order valence-electron chi connectivity index (χ1n) is 6.48. The second kappa shape index (κ2) is 6.39. The van der Waals surface area contributed by atoms with Gasteiger partial charge in [0, 0.05) is 12.1 Å². The number of pyridine rings is 1. The summed E-state index contributed by atoms with van der Waals surface area (Å²) in [6.45, 7) is 4.43. The van der Waals surface area contributed by atoms with Gasteiger partial charge in [0.05, 0.1) is 12.3 Å². The highest BCUT2D eigenvalue weighted by Crippen LogP contribution is 2.28. The van der Waals surface area contributed by atoms with Gasteiger partial charge in [0.1, 0.15) is 5.82 Å². The number of nitrogens with two attached hydrogens (primary N) is 1. The van der Waals surface area contributed by atoms with Crippen molar-refractivity contribution in [1.29, 1.82) is 0 Å². The van der Waals surface area contributed by atoms with Crippen molar-refractivity contribution in [2.24, 2.45) is 5.92 Å². The summed E-state index contributed by atoms with van der Waals surface area (Å²) in [5.74, 6) is -0.949. The maximum atomic E-state index is 13.5. The van der Waals surface area contributed by atoms with Gasteiger partial charge >= 0.3 is 0 Å². The molecule has 1 aromatic heterocycles. The van der Waals surface area contributed by atoms with Crippen LogP contribution in [0, 0.1) is 17.6 Å². The number of halogens is 2. The monoisotopic (exact) mass is 294 g/mol. The predicted molar refractivity (Wildman–Crippen MR) is 75.4 cm³/mol. The second-order valence-corrected chi connectivity index (χ2v) is 4.93. The van der Waals surface area contributed by atoms with Gasteiger partial charge in [0.25, 0.3) is 0 Å². The van der Waals surface area contributed by atoms with E-state index in [-0.39, 0.29) is 17.5 Å². The summed E-state index contributed by atoms with van der Waals surface area (Å²) in [4.78, 5) is 4.07. The van der Waals surface area contributed by atoms with Crippen LogP contribution in [-0.2, 0) is 0 Å². The Morgan fingerprint density at radius 2 is 1.95 bits per heavy atom. The molecule has 1 heterocycles. The number of anilines is 1. The summed E-state index contributed by atoms with van der Waals surface area (Å²) in [6.07, 6.45) is 0. The van der Waals surface area contributed by atoms with E-state index in [2.05, 4.69) is 4.98 Å². The van der Waals surface area contributed by atoms with Crippen LogP contribution in [0.25, 0.3) is 0 Å². The molecule has 1 aromatic carbocycles. The lowest BCUT2D eigenvalue weighted by atomic mass is 10.2. The van der Waals surface area contributed by atoms with Gasteiger partial charge in [0.2, 0.25) is 11.8 Å². The van der Waals surface area contributed by atoms with Crippen LogP contribution in [0.5, 0.6) is 17.5 Å². The summed E-state index contributed by atoms with van der Waals surface area (Å²) < 4.78 is 37.1. The summed E-state index contributed by atoms with van der Waals surface area (Å²) >= 11 is 0. The summed E-state index contributed by atoms with van der Waals surface area (Å²) in [5.41, 5.74) is 6.12. The van der Waals surface area contributed by atoms with Gasteiger partial charge in [-0.3, -0.25) is 0 Å². The van der Waals surface area contributed by atoms with Gasteiger partial charge < -0.3 is 15.2 Å². The van der Waals surface area contributed by atoms with E-state index in [1.165, 1.54) is 12.1 Å². The van der Waals surface area contributed by atoms with Crippen molar-refractivity contribution in [3.8, 4) is 17.5 Å². The molecule has 0 saturated heterocycles. The summed E-state index contributed by atoms with van der Waals surface area (Å²) in [7, 11) is 0. The van der Waals surface area contributed by atoms with Crippen LogP contribution in [0.2, 0.25) is 0 Å². The van der Waals surface area contributed by atoms with Gasteiger partial charge in [-0.1, -0.05) is 13.8 Å². The quantitative estimate of drug-likeness (QED) is 0.912. The van der Waals surface area contributed by atoms with Gasteiger partial charge in [-0.2, -0.15) is 4.98 Å². The number of nitrogens with zero attached hydrogens (tertiary/aromatic N) is 1. The topological polar surface area (TPSA) is 57.4 Å². The molecule has 0 saturated carbocycles. The van der Waals surface area contributed by atoms with E-state index in [9.17, 15) is 8.78 Å². The van der Waals surface area contributed by atoms with E-state index in [1.54, 1.807) is 6.07 Å². The first kappa shape index (κ1) is 15.0. The van der Waals surface area contributed by atoms with Gasteiger partial charge in [0.15, 0.2) is 11.6 Å². The lowest BCUT2D eigenvalue weighted by Gasteiger charge is -2.12. The largest absolute Gasteiger partial charge is 0.476 e. The maximum absolute atomic E-state index is 13.5. The van der Waals surface area contributed by atoms with E-state index >= 15 is 0 Å². The molecule has 0 aliphatic carbocycles. The maximum Gasteiger partial charge on any atom is 0.240 e. The molecule has 0 atom stereocenters. The first-order valence-corrected chi connectivity index (χ1v) is 6.48. The Morgan fingerprint density at radius 1 is 1.19 bits per heavy atom. The van der Waals surface area contributed by atoms with E-state index in [4.69, 9.17) is 15.2 Å². The highest BCUT2D eigenvalue weighted by molar-refractivity contribution is 5.49. The standard InChI is InChI=1S/C15H16F2N2O2/c1-9(2)8-20-15-12(18)4-6-14(19-15)21-13-5-3-10(16)7-11(13)17/h3-7,9H,8,18H2,1-2H3. The number of hydrogen-bond donors (Lipinski definition) is 1. The fourth-order valence-corrected chi connectivity index (χ4v) is 1.52. The van der Waals surface area contributed by atoms with Crippen LogP contribution in [0.1, 0.15) is 13.8 Å². The summed E-state index contributed by atoms with van der Waals surface area (Å²) in [6, 6.07) is 6.08. The molecule has 4 nitrogen and oxygen atoms in total. The highest BCUT2D eigenvalue weighted by atomic mass is 19.1. The SMILES string of the molecule is CC(C)COc1nc(Oc2ccc(F)cc2F)ccc1N. The molecular formula is C15H16F2N2O2. The number of hydrogen-bond acceptors (Lipinski definition) is 4. The Hall–Kier alpha value is -2.37. The Balaban J connectivity index is 2.18. The Labute approximate surface area is 121 Å². The van der Waals surface area contributed by atoms with Crippen LogP contribution >= 0.6 is 0 Å². The average molecular weight is 294 g/mol. The van der Waals surface area contributed by atoms with Crippen molar-refractivity contribution >= 4 is 5.69 Å². The van der Waals surface area contributed by atoms with Gasteiger partial charge in [-0.25, -0.2) is 8.78 Å². The van der Waals surface area contributed by atoms with E-state index < -0.39 is 11.6 Å². The molecule has 2 N–H and O–H groups in total. The van der Waals surface area contributed by atoms with Crippen molar-refractivity contribution in [1.82, 2.24) is 4.98 Å². The second-order valence-electron chi connectivity index (χ2n) is 4.93. The van der Waals surface area contributed by atoms with Crippen molar-refractivity contribution in [2.75, 3.05) is 12.3 Å². The number of nitrogen functional groups attached to an aromatic ring is 1. The molecule has 0 amide bonds. The minimum Gasteiger partial charge on any atom is -0.476 e. The fourth-order valence-electron chi connectivity index (χ4n) is 1.52. The van der Waals surface area contributed by atoms with Crippen LogP contribution in [-0.4, -0.2) is 11.6 Å². The van der Waals surface area contributed by atoms with Crippen LogP contribution in [0.4, 0.5) is 14.5 Å². The average Bonchev–Trinajstić information content (AvgIpc) is 2.42. The third-order valence-electron chi connectivity index (χ3n) is 2.53. The molecule has 6 heteroatoms. The Morgan fingerprint density at radius 3 is 2.62 bits per heavy atom. The van der Waals surface area contributed by atoms with Gasteiger partial charge in [-0.05, 0) is 24.1 Å². The van der Waals surface area contributed by atoms with E-state index in [0.717, 1.165) is 12.1 Å². The molecule has 0 aliphatic heterocycles. The molecule has 0 spiro atoms. The lowest BCUT2D eigenvalue weighted by molar-refractivity contribution is 0.260. The molecule has 0 bridgehead atoms. The molecule has 0 radical (unpaired) electrons. The molecule has 2 aromatic rings. The third kappa shape index (κ3) is 4.05. The highest BCUT2D eigenvalue weighted by Gasteiger charge is 2.10. The van der Waals surface area contributed by atoms with Crippen LogP contribution in [0.15, 0.2) is 30.3 Å². The van der Waals surface area contributed by atoms with Crippen molar-refractivity contribution in [3.05, 3.63) is 42.0 Å². The van der Waals surface area contributed by atoms with Crippen molar-refractivity contribution < 1.29 is 18.3 Å². The zero-order chi connectivity index (χ0) is 15.4. The molecule has 0 fully saturated rings. The van der Waals surface area contributed by atoms with Gasteiger partial charge in [-0.15, -0.1) is 0 Å². The number of aromatic nitrogens is 1. The lowest BCUT2D eigenvalue weighted by Crippen LogP contribution is -2.08. The van der Waals surface area contributed by atoms with Crippen molar-refractivity contribution in [3.63, 3.8) is 0 Å². The molecule has 2 rings (SSSR count). The number of rotatable bonds is 5.